The Morgan fingerprint density at radius 2 is 2.05 bits per heavy atom. The second-order valence-electron chi connectivity index (χ2n) is 5.05. The highest BCUT2D eigenvalue weighted by molar-refractivity contribution is 6.00. The van der Waals surface area contributed by atoms with E-state index in [9.17, 15) is 9.59 Å². The Morgan fingerprint density at radius 3 is 2.71 bits per heavy atom. The van der Waals surface area contributed by atoms with Crippen molar-refractivity contribution in [3.8, 4) is 0 Å². The third-order valence-electron chi connectivity index (χ3n) is 3.59. The van der Waals surface area contributed by atoms with E-state index in [4.69, 9.17) is 4.74 Å². The van der Waals surface area contributed by atoms with Crippen LogP contribution in [0.15, 0.2) is 36.5 Å². The second-order valence-corrected chi connectivity index (χ2v) is 5.05. The second kappa shape index (κ2) is 5.91. The number of hydrogen-bond acceptors (Lipinski definition) is 4. The summed E-state index contributed by atoms with van der Waals surface area (Å²) in [5.41, 5.74) is 0.190. The molecule has 5 heteroatoms. The molecule has 5 nitrogen and oxygen atoms in total. The summed E-state index contributed by atoms with van der Waals surface area (Å²) in [6.07, 6.45) is 1.94. The molecule has 0 aliphatic rings. The maximum Gasteiger partial charge on any atom is 0.331 e. The molecule has 2 rings (SSSR count). The Balaban J connectivity index is 2.27. The van der Waals surface area contributed by atoms with Gasteiger partial charge in [0.2, 0.25) is 0 Å². The number of benzene rings is 1. The average molecular weight is 286 g/mol. The lowest BCUT2D eigenvalue weighted by Crippen LogP contribution is -2.52. The number of esters is 1. The number of rotatable bonds is 4. The molecule has 1 amide bonds. The van der Waals surface area contributed by atoms with Gasteiger partial charge in [-0.25, -0.2) is 4.79 Å². The van der Waals surface area contributed by atoms with Crippen LogP contribution in [0.1, 0.15) is 30.6 Å². The van der Waals surface area contributed by atoms with Gasteiger partial charge in [0.1, 0.15) is 5.54 Å². The predicted molar refractivity (Wildman–Crippen MR) is 79.9 cm³/mol. The van der Waals surface area contributed by atoms with Gasteiger partial charge in [-0.05, 0) is 25.5 Å². The molecule has 2 aromatic rings. The quantitative estimate of drug-likeness (QED) is 0.876. The molecular weight excluding hydrogens is 268 g/mol. The number of nitrogens with one attached hydrogen (secondary N) is 1. The Bertz CT molecular complexity index is 684. The fourth-order valence-electron chi connectivity index (χ4n) is 2.03. The fraction of sp³-hybridized carbons (Fsp3) is 0.312. The van der Waals surface area contributed by atoms with Crippen molar-refractivity contribution in [2.24, 2.45) is 0 Å². The monoisotopic (exact) mass is 286 g/mol. The van der Waals surface area contributed by atoms with Crippen LogP contribution in [0.25, 0.3) is 10.9 Å². The normalized spacial score (nSPS) is 13.5. The van der Waals surface area contributed by atoms with Gasteiger partial charge < -0.3 is 10.1 Å². The van der Waals surface area contributed by atoms with E-state index < -0.39 is 11.5 Å². The van der Waals surface area contributed by atoms with Crippen molar-refractivity contribution in [1.82, 2.24) is 10.3 Å². The van der Waals surface area contributed by atoms with E-state index >= 15 is 0 Å². The fourth-order valence-corrected chi connectivity index (χ4v) is 2.03. The highest BCUT2D eigenvalue weighted by atomic mass is 16.5. The molecule has 110 valence electrons. The lowest BCUT2D eigenvalue weighted by atomic mass is 9.98. The maximum absolute atomic E-state index is 12.3. The topological polar surface area (TPSA) is 68.3 Å². The van der Waals surface area contributed by atoms with Crippen LogP contribution in [0.2, 0.25) is 0 Å². The third kappa shape index (κ3) is 3.02. The van der Waals surface area contributed by atoms with Crippen LogP contribution in [0.4, 0.5) is 0 Å². The lowest BCUT2D eigenvalue weighted by Gasteiger charge is -2.26. The molecule has 0 aliphatic carbocycles. The zero-order valence-corrected chi connectivity index (χ0v) is 12.3. The van der Waals surface area contributed by atoms with Gasteiger partial charge in [-0.3, -0.25) is 9.78 Å². The van der Waals surface area contributed by atoms with E-state index in [1.807, 2.05) is 31.2 Å². The number of ether oxygens (including phenoxy) is 1. The molecule has 0 aliphatic heterocycles. The SMILES string of the molecule is CCC(C)(NC(=O)c1cnc2ccccc2c1)C(=O)OC. The van der Waals surface area contributed by atoms with Crippen LogP contribution >= 0.6 is 0 Å². The molecular formula is C16H18N2O3. The highest BCUT2D eigenvalue weighted by Gasteiger charge is 2.34. The van der Waals surface area contributed by atoms with E-state index in [1.54, 1.807) is 13.0 Å². The first-order chi connectivity index (χ1) is 10.00. The zero-order valence-electron chi connectivity index (χ0n) is 12.3. The highest BCUT2D eigenvalue weighted by Crippen LogP contribution is 2.16. The minimum absolute atomic E-state index is 0.344. The molecule has 0 saturated carbocycles. The molecule has 21 heavy (non-hydrogen) atoms. The van der Waals surface area contributed by atoms with Gasteiger partial charge >= 0.3 is 5.97 Å². The summed E-state index contributed by atoms with van der Waals surface area (Å²) >= 11 is 0. The number of pyridine rings is 1. The molecule has 0 radical (unpaired) electrons. The number of carbonyl (C=O) groups is 2. The summed E-state index contributed by atoms with van der Waals surface area (Å²) in [6, 6.07) is 9.29. The van der Waals surface area contributed by atoms with Crippen LogP contribution in [-0.4, -0.2) is 29.5 Å². The van der Waals surface area contributed by atoms with Crippen molar-refractivity contribution >= 4 is 22.8 Å². The van der Waals surface area contributed by atoms with Crippen LogP contribution < -0.4 is 5.32 Å². The van der Waals surface area contributed by atoms with Crippen molar-refractivity contribution in [2.45, 2.75) is 25.8 Å². The molecule has 0 bridgehead atoms. The van der Waals surface area contributed by atoms with Gasteiger partial charge in [-0.1, -0.05) is 25.1 Å². The van der Waals surface area contributed by atoms with Crippen molar-refractivity contribution in [1.29, 1.82) is 0 Å². The largest absolute Gasteiger partial charge is 0.467 e. The minimum Gasteiger partial charge on any atom is -0.467 e. The van der Waals surface area contributed by atoms with E-state index in [2.05, 4.69) is 10.3 Å². The Labute approximate surface area is 123 Å². The summed E-state index contributed by atoms with van der Waals surface area (Å²) in [5, 5.41) is 3.60. The smallest absolute Gasteiger partial charge is 0.331 e. The Morgan fingerprint density at radius 1 is 1.33 bits per heavy atom. The summed E-state index contributed by atoms with van der Waals surface area (Å²) < 4.78 is 4.74. The molecule has 0 spiro atoms. The van der Waals surface area contributed by atoms with E-state index in [0.717, 1.165) is 10.9 Å². The predicted octanol–water partition coefficient (Wildman–Crippen LogP) is 2.31. The van der Waals surface area contributed by atoms with Crippen LogP contribution in [0.5, 0.6) is 0 Å². The van der Waals surface area contributed by atoms with E-state index in [-0.39, 0.29) is 5.91 Å². The number of amides is 1. The molecule has 1 unspecified atom stereocenters. The first-order valence-corrected chi connectivity index (χ1v) is 6.76. The van der Waals surface area contributed by atoms with Gasteiger partial charge in [-0.2, -0.15) is 0 Å². The molecule has 1 atom stereocenters. The van der Waals surface area contributed by atoms with Crippen molar-refractivity contribution in [3.05, 3.63) is 42.1 Å². The number of para-hydroxylation sites is 1. The van der Waals surface area contributed by atoms with Gasteiger partial charge in [0.25, 0.3) is 5.91 Å². The number of nitrogens with zero attached hydrogens (tertiary/aromatic N) is 1. The van der Waals surface area contributed by atoms with E-state index in [0.29, 0.717) is 12.0 Å². The zero-order chi connectivity index (χ0) is 15.5. The Kier molecular flexibility index (Phi) is 4.21. The van der Waals surface area contributed by atoms with Gasteiger partial charge in [0, 0.05) is 11.6 Å². The average Bonchev–Trinajstić information content (AvgIpc) is 2.53. The molecule has 1 aromatic carbocycles. The number of aromatic nitrogens is 1. The summed E-state index contributed by atoms with van der Waals surface area (Å²) in [5.74, 6) is -0.810. The summed E-state index contributed by atoms with van der Waals surface area (Å²) in [6.45, 7) is 3.46. The van der Waals surface area contributed by atoms with Crippen molar-refractivity contribution in [2.75, 3.05) is 7.11 Å². The first kappa shape index (κ1) is 15.0. The number of methoxy groups -OCH3 is 1. The van der Waals surface area contributed by atoms with Gasteiger partial charge in [-0.15, -0.1) is 0 Å². The molecule has 0 saturated heterocycles. The third-order valence-corrected chi connectivity index (χ3v) is 3.59. The van der Waals surface area contributed by atoms with Crippen molar-refractivity contribution < 1.29 is 14.3 Å². The van der Waals surface area contributed by atoms with Crippen LogP contribution in [0.3, 0.4) is 0 Å². The standard InChI is InChI=1S/C16H18N2O3/c1-4-16(2,15(20)21-3)18-14(19)12-9-11-7-5-6-8-13(11)17-10-12/h5-10H,4H2,1-3H3,(H,18,19). The lowest BCUT2D eigenvalue weighted by molar-refractivity contribution is -0.147. The van der Waals surface area contributed by atoms with Gasteiger partial charge in [0.15, 0.2) is 0 Å². The number of hydrogen-bond donors (Lipinski definition) is 1. The van der Waals surface area contributed by atoms with Crippen LogP contribution in [0, 0.1) is 0 Å². The van der Waals surface area contributed by atoms with Crippen LogP contribution in [-0.2, 0) is 9.53 Å². The maximum atomic E-state index is 12.3. The summed E-state index contributed by atoms with van der Waals surface area (Å²) in [4.78, 5) is 28.4. The number of fused-ring (bicyclic) bond motifs is 1. The van der Waals surface area contributed by atoms with E-state index in [1.165, 1.54) is 13.3 Å². The summed E-state index contributed by atoms with van der Waals surface area (Å²) in [7, 11) is 1.31. The first-order valence-electron chi connectivity index (χ1n) is 6.76. The molecule has 1 aromatic heterocycles. The minimum atomic E-state index is -1.04. The Hall–Kier alpha value is -2.43. The van der Waals surface area contributed by atoms with Gasteiger partial charge in [0.05, 0.1) is 18.2 Å². The molecule has 1 N–H and O–H groups in total. The van der Waals surface area contributed by atoms with Crippen molar-refractivity contribution in [3.63, 3.8) is 0 Å². The molecule has 0 fully saturated rings. The molecule has 1 heterocycles. The number of carbonyl (C=O) groups excluding carboxylic acids is 2.